The highest BCUT2D eigenvalue weighted by Crippen LogP contribution is 2.19. The minimum atomic E-state index is -0.556. The van der Waals surface area contributed by atoms with Crippen LogP contribution in [-0.4, -0.2) is 73.0 Å². The number of aliphatic hydroxyl groups excluding tert-OH is 1. The number of benzene rings is 1. The number of piperazine rings is 1. The van der Waals surface area contributed by atoms with Crippen LogP contribution in [-0.2, 0) is 4.74 Å². The van der Waals surface area contributed by atoms with Crippen molar-refractivity contribution in [1.82, 2.24) is 9.80 Å². The molecule has 0 aliphatic carbocycles. The molecule has 24 heavy (non-hydrogen) atoms. The molecule has 1 heterocycles. The molecule has 1 saturated heterocycles. The molecule has 6 heteroatoms. The van der Waals surface area contributed by atoms with Gasteiger partial charge in [0.2, 0.25) is 0 Å². The van der Waals surface area contributed by atoms with Gasteiger partial charge in [-0.3, -0.25) is 4.90 Å². The average molecular weight is 336 g/mol. The second kappa shape index (κ2) is 8.89. The summed E-state index contributed by atoms with van der Waals surface area (Å²) in [5.41, 5.74) is 2.27. The number of aliphatic hydroxyl groups is 1. The molecule has 6 nitrogen and oxygen atoms in total. The Balaban J connectivity index is 1.71. The molecular weight excluding hydrogens is 308 g/mol. The minimum Gasteiger partial charge on any atom is -0.491 e. The number of aryl methyl sites for hydroxylation is 2. The van der Waals surface area contributed by atoms with Crippen LogP contribution in [0.2, 0.25) is 0 Å². The summed E-state index contributed by atoms with van der Waals surface area (Å²) < 4.78 is 10.7. The number of hydrogen-bond acceptors (Lipinski definition) is 5. The summed E-state index contributed by atoms with van der Waals surface area (Å²) in [5.74, 6) is 0.812. The lowest BCUT2D eigenvalue weighted by Gasteiger charge is -2.34. The van der Waals surface area contributed by atoms with Crippen LogP contribution < -0.4 is 4.74 Å². The van der Waals surface area contributed by atoms with Crippen molar-refractivity contribution in [3.8, 4) is 5.75 Å². The molecule has 2 rings (SSSR count). The minimum absolute atomic E-state index is 0.254. The first-order chi connectivity index (χ1) is 11.5. The maximum atomic E-state index is 11.7. The Morgan fingerprint density at radius 2 is 1.96 bits per heavy atom. The van der Waals surface area contributed by atoms with Crippen molar-refractivity contribution in [2.75, 3.05) is 45.9 Å². The lowest BCUT2D eigenvalue weighted by Crippen LogP contribution is -2.51. The molecule has 0 unspecified atom stereocenters. The van der Waals surface area contributed by atoms with E-state index in [9.17, 15) is 9.90 Å². The predicted octanol–water partition coefficient (Wildman–Crippen LogP) is 1.82. The molecule has 1 N–H and O–H groups in total. The summed E-state index contributed by atoms with van der Waals surface area (Å²) in [7, 11) is 0. The number of hydrogen-bond donors (Lipinski definition) is 1. The van der Waals surface area contributed by atoms with Gasteiger partial charge in [-0.1, -0.05) is 17.7 Å². The molecule has 1 aliphatic rings. The normalized spacial score (nSPS) is 16.8. The van der Waals surface area contributed by atoms with Crippen LogP contribution >= 0.6 is 0 Å². The number of carbonyl (C=O) groups is 1. The number of ether oxygens (including phenoxy) is 2. The molecule has 1 aliphatic heterocycles. The molecule has 1 fully saturated rings. The highest BCUT2D eigenvalue weighted by atomic mass is 16.6. The third-order valence-corrected chi connectivity index (χ3v) is 4.13. The number of rotatable bonds is 6. The summed E-state index contributed by atoms with van der Waals surface area (Å²) in [6.45, 7) is 9.79. The first-order valence-electron chi connectivity index (χ1n) is 8.51. The molecule has 1 aromatic rings. The summed E-state index contributed by atoms with van der Waals surface area (Å²) in [5, 5.41) is 10.2. The Morgan fingerprint density at radius 3 is 2.58 bits per heavy atom. The average Bonchev–Trinajstić information content (AvgIpc) is 2.55. The first kappa shape index (κ1) is 18.5. The van der Waals surface area contributed by atoms with Crippen LogP contribution in [0.1, 0.15) is 18.1 Å². The molecule has 0 spiro atoms. The van der Waals surface area contributed by atoms with Gasteiger partial charge in [0, 0.05) is 32.7 Å². The molecule has 0 bridgehead atoms. The fraction of sp³-hybridized carbons (Fsp3) is 0.611. The molecular formula is C18H28N2O4. The largest absolute Gasteiger partial charge is 0.491 e. The van der Waals surface area contributed by atoms with Crippen LogP contribution in [0.5, 0.6) is 5.75 Å². The quantitative estimate of drug-likeness (QED) is 0.858. The van der Waals surface area contributed by atoms with Gasteiger partial charge in [-0.15, -0.1) is 0 Å². The van der Waals surface area contributed by atoms with Crippen LogP contribution in [0.15, 0.2) is 18.2 Å². The van der Waals surface area contributed by atoms with Crippen molar-refractivity contribution in [1.29, 1.82) is 0 Å². The molecule has 0 radical (unpaired) electrons. The van der Waals surface area contributed by atoms with Crippen molar-refractivity contribution >= 4 is 6.09 Å². The van der Waals surface area contributed by atoms with Crippen molar-refractivity contribution in [2.24, 2.45) is 0 Å². The Morgan fingerprint density at radius 1 is 1.25 bits per heavy atom. The third-order valence-electron chi connectivity index (χ3n) is 4.13. The molecule has 0 saturated carbocycles. The Labute approximate surface area is 144 Å². The van der Waals surface area contributed by atoms with Crippen LogP contribution in [0.25, 0.3) is 0 Å². The lowest BCUT2D eigenvalue weighted by atomic mass is 10.1. The van der Waals surface area contributed by atoms with Gasteiger partial charge in [0.1, 0.15) is 18.5 Å². The molecule has 0 aromatic heterocycles. The second-order valence-corrected chi connectivity index (χ2v) is 6.22. The Kier molecular flexibility index (Phi) is 6.87. The lowest BCUT2D eigenvalue weighted by molar-refractivity contribution is 0.0406. The van der Waals surface area contributed by atoms with E-state index in [2.05, 4.69) is 11.0 Å². The van der Waals surface area contributed by atoms with Crippen molar-refractivity contribution < 1.29 is 19.4 Å². The zero-order valence-corrected chi connectivity index (χ0v) is 14.8. The summed E-state index contributed by atoms with van der Waals surface area (Å²) >= 11 is 0. The molecule has 1 aromatic carbocycles. The van der Waals surface area contributed by atoms with E-state index in [0.29, 0.717) is 26.2 Å². The van der Waals surface area contributed by atoms with E-state index >= 15 is 0 Å². The number of carbonyl (C=O) groups excluding carboxylic acids is 1. The van der Waals surface area contributed by atoms with Gasteiger partial charge in [0.05, 0.1) is 6.61 Å². The maximum absolute atomic E-state index is 11.7. The van der Waals surface area contributed by atoms with Gasteiger partial charge in [-0.05, 0) is 32.4 Å². The fourth-order valence-corrected chi connectivity index (χ4v) is 2.83. The zero-order valence-electron chi connectivity index (χ0n) is 14.8. The first-order valence-corrected chi connectivity index (χ1v) is 8.51. The van der Waals surface area contributed by atoms with Crippen LogP contribution in [0.4, 0.5) is 4.79 Å². The maximum Gasteiger partial charge on any atom is 0.409 e. The highest BCUT2D eigenvalue weighted by Gasteiger charge is 2.23. The smallest absolute Gasteiger partial charge is 0.409 e. The van der Waals surface area contributed by atoms with E-state index in [0.717, 1.165) is 24.4 Å². The topological polar surface area (TPSA) is 62.2 Å². The molecule has 1 amide bonds. The van der Waals surface area contributed by atoms with Gasteiger partial charge < -0.3 is 19.5 Å². The van der Waals surface area contributed by atoms with Gasteiger partial charge >= 0.3 is 6.09 Å². The van der Waals surface area contributed by atoms with E-state index < -0.39 is 6.10 Å². The van der Waals surface area contributed by atoms with Gasteiger partial charge in [-0.25, -0.2) is 4.79 Å². The number of nitrogens with zero attached hydrogens (tertiary/aromatic N) is 2. The van der Waals surface area contributed by atoms with E-state index in [1.54, 1.807) is 11.8 Å². The number of β-amino-alcohol motifs (C(OH)–C–C–N with tert-alkyl or cyclic N) is 1. The molecule has 134 valence electrons. The van der Waals surface area contributed by atoms with Crippen LogP contribution in [0.3, 0.4) is 0 Å². The monoisotopic (exact) mass is 336 g/mol. The van der Waals surface area contributed by atoms with Gasteiger partial charge in [-0.2, -0.15) is 0 Å². The summed E-state index contributed by atoms with van der Waals surface area (Å²) in [4.78, 5) is 15.5. The van der Waals surface area contributed by atoms with Gasteiger partial charge in [0.25, 0.3) is 0 Å². The van der Waals surface area contributed by atoms with E-state index in [-0.39, 0.29) is 12.7 Å². The van der Waals surface area contributed by atoms with Gasteiger partial charge in [0.15, 0.2) is 0 Å². The SMILES string of the molecule is CCOC(=O)N1CCN(C[C@@H](O)COc2ccc(C)cc2C)CC1. The summed E-state index contributed by atoms with van der Waals surface area (Å²) in [6, 6.07) is 6.01. The van der Waals surface area contributed by atoms with E-state index in [1.165, 1.54) is 5.56 Å². The highest BCUT2D eigenvalue weighted by molar-refractivity contribution is 5.67. The van der Waals surface area contributed by atoms with Crippen molar-refractivity contribution in [3.05, 3.63) is 29.3 Å². The Hall–Kier alpha value is -1.79. The third kappa shape index (κ3) is 5.39. The van der Waals surface area contributed by atoms with Crippen molar-refractivity contribution in [3.63, 3.8) is 0 Å². The summed E-state index contributed by atoms with van der Waals surface area (Å²) in [6.07, 6.45) is -0.810. The standard InChI is InChI=1S/C18H28N2O4/c1-4-23-18(22)20-9-7-19(8-10-20)12-16(21)13-24-17-6-5-14(2)11-15(17)3/h5-6,11,16,21H,4,7-10,12-13H2,1-3H3/t16-/m1/s1. The van der Waals surface area contributed by atoms with E-state index in [4.69, 9.17) is 9.47 Å². The predicted molar refractivity (Wildman–Crippen MR) is 92.5 cm³/mol. The van der Waals surface area contributed by atoms with Crippen molar-refractivity contribution in [2.45, 2.75) is 26.9 Å². The fourth-order valence-electron chi connectivity index (χ4n) is 2.83. The second-order valence-electron chi connectivity index (χ2n) is 6.22. The van der Waals surface area contributed by atoms with Crippen LogP contribution in [0, 0.1) is 13.8 Å². The molecule has 1 atom stereocenters. The van der Waals surface area contributed by atoms with E-state index in [1.807, 2.05) is 26.0 Å². The Bertz CT molecular complexity index is 542. The zero-order chi connectivity index (χ0) is 17.5. The number of amides is 1.